The van der Waals surface area contributed by atoms with Gasteiger partial charge in [-0.25, -0.2) is 0 Å². The van der Waals surface area contributed by atoms with Gasteiger partial charge in [-0.15, -0.1) is 0 Å². The maximum atomic E-state index is 12.2. The highest BCUT2D eigenvalue weighted by Gasteiger charge is 2.42. The molecule has 6 nitrogen and oxygen atoms in total. The Hall–Kier alpha value is -1.40. The van der Waals surface area contributed by atoms with E-state index in [-0.39, 0.29) is 24.2 Å². The van der Waals surface area contributed by atoms with E-state index in [9.17, 15) is 4.79 Å². The lowest BCUT2D eigenvalue weighted by molar-refractivity contribution is -0.133. The summed E-state index contributed by atoms with van der Waals surface area (Å²) in [5, 5.41) is 6.98. The Labute approximate surface area is 137 Å². The van der Waals surface area contributed by atoms with E-state index in [1.807, 2.05) is 27.7 Å². The van der Waals surface area contributed by atoms with Crippen molar-refractivity contribution in [3.63, 3.8) is 0 Å². The first-order valence-electron chi connectivity index (χ1n) is 8.54. The van der Waals surface area contributed by atoms with E-state index in [2.05, 4.69) is 15.4 Å². The molecule has 1 aromatic heterocycles. The number of likely N-dealkylation sites (tertiary alicyclic amines) is 1. The van der Waals surface area contributed by atoms with Crippen LogP contribution in [0.15, 0.2) is 4.52 Å². The standard InChI is InChI=1S/C17H27N3O3/c1-10(2)18-17(21)15-7-13-5-6-20(9-16(13)22-15)8-14-11(3)19-23-12(14)4/h10,13,15-16H,5-9H2,1-4H3,(H,18,21)/t13-,15-,16-/m0/s1. The molecule has 2 aliphatic heterocycles. The average Bonchev–Trinajstić information content (AvgIpc) is 3.04. The molecule has 2 saturated heterocycles. The zero-order valence-corrected chi connectivity index (χ0v) is 14.5. The van der Waals surface area contributed by atoms with Crippen LogP contribution >= 0.6 is 0 Å². The van der Waals surface area contributed by atoms with Crippen molar-refractivity contribution in [2.24, 2.45) is 5.92 Å². The molecule has 1 amide bonds. The Kier molecular flexibility index (Phi) is 4.73. The highest BCUT2D eigenvalue weighted by Crippen LogP contribution is 2.34. The minimum atomic E-state index is -0.286. The Bertz CT molecular complexity index is 550. The van der Waals surface area contributed by atoms with Crippen molar-refractivity contribution in [1.82, 2.24) is 15.4 Å². The van der Waals surface area contributed by atoms with Crippen molar-refractivity contribution in [3.05, 3.63) is 17.0 Å². The molecule has 6 heteroatoms. The lowest BCUT2D eigenvalue weighted by atomic mass is 9.91. The first kappa shape index (κ1) is 16.5. The second-order valence-electron chi connectivity index (χ2n) is 7.15. The van der Waals surface area contributed by atoms with Crippen LogP contribution in [-0.2, 0) is 16.1 Å². The van der Waals surface area contributed by atoms with Gasteiger partial charge in [-0.1, -0.05) is 5.16 Å². The van der Waals surface area contributed by atoms with Gasteiger partial charge >= 0.3 is 0 Å². The number of hydrogen-bond donors (Lipinski definition) is 1. The monoisotopic (exact) mass is 321 g/mol. The van der Waals surface area contributed by atoms with Crippen LogP contribution in [0.5, 0.6) is 0 Å². The molecular formula is C17H27N3O3. The predicted octanol–water partition coefficient (Wildman–Crippen LogP) is 1.80. The number of carbonyl (C=O) groups is 1. The molecule has 3 rings (SSSR count). The van der Waals surface area contributed by atoms with Crippen molar-refractivity contribution in [2.75, 3.05) is 13.1 Å². The summed E-state index contributed by atoms with van der Waals surface area (Å²) in [6.45, 7) is 10.7. The molecule has 0 spiro atoms. The van der Waals surface area contributed by atoms with E-state index in [4.69, 9.17) is 9.26 Å². The van der Waals surface area contributed by atoms with Crippen LogP contribution < -0.4 is 5.32 Å². The third kappa shape index (κ3) is 3.58. The molecule has 0 unspecified atom stereocenters. The number of nitrogens with one attached hydrogen (secondary N) is 1. The van der Waals surface area contributed by atoms with Crippen LogP contribution in [0, 0.1) is 19.8 Å². The van der Waals surface area contributed by atoms with Crippen molar-refractivity contribution < 1.29 is 14.1 Å². The summed E-state index contributed by atoms with van der Waals surface area (Å²) in [6.07, 6.45) is 1.81. The van der Waals surface area contributed by atoms with Gasteiger partial charge in [0.05, 0.1) is 11.8 Å². The molecule has 1 N–H and O–H groups in total. The smallest absolute Gasteiger partial charge is 0.249 e. The van der Waals surface area contributed by atoms with Crippen LogP contribution in [-0.4, -0.2) is 47.3 Å². The highest BCUT2D eigenvalue weighted by molar-refractivity contribution is 5.81. The molecule has 0 saturated carbocycles. The number of fused-ring (bicyclic) bond motifs is 1. The van der Waals surface area contributed by atoms with Gasteiger partial charge in [0.15, 0.2) is 0 Å². The van der Waals surface area contributed by atoms with Gasteiger partial charge in [-0.2, -0.15) is 0 Å². The first-order valence-corrected chi connectivity index (χ1v) is 8.54. The normalized spacial score (nSPS) is 28.1. The molecule has 0 bridgehead atoms. The van der Waals surface area contributed by atoms with E-state index in [1.165, 1.54) is 5.56 Å². The number of hydrogen-bond acceptors (Lipinski definition) is 5. The molecule has 0 aromatic carbocycles. The fourth-order valence-corrected chi connectivity index (χ4v) is 3.64. The average molecular weight is 321 g/mol. The Morgan fingerprint density at radius 3 is 2.87 bits per heavy atom. The summed E-state index contributed by atoms with van der Waals surface area (Å²) in [5.74, 6) is 1.43. The van der Waals surface area contributed by atoms with Gasteiger partial charge in [-0.05, 0) is 53.0 Å². The maximum Gasteiger partial charge on any atom is 0.249 e. The Morgan fingerprint density at radius 2 is 2.22 bits per heavy atom. The fraction of sp³-hybridized carbons (Fsp3) is 0.765. The molecule has 128 valence electrons. The summed E-state index contributed by atoms with van der Waals surface area (Å²) in [5.41, 5.74) is 2.14. The van der Waals surface area contributed by atoms with E-state index in [0.29, 0.717) is 5.92 Å². The number of piperidine rings is 1. The van der Waals surface area contributed by atoms with Gasteiger partial charge in [0.2, 0.25) is 5.91 Å². The van der Waals surface area contributed by atoms with E-state index < -0.39 is 0 Å². The second kappa shape index (κ2) is 6.61. The summed E-state index contributed by atoms with van der Waals surface area (Å²) in [7, 11) is 0. The van der Waals surface area contributed by atoms with Gasteiger partial charge < -0.3 is 14.6 Å². The van der Waals surface area contributed by atoms with Crippen LogP contribution in [0.2, 0.25) is 0 Å². The lowest BCUT2D eigenvalue weighted by Gasteiger charge is -2.33. The van der Waals surface area contributed by atoms with Crippen molar-refractivity contribution in [1.29, 1.82) is 0 Å². The van der Waals surface area contributed by atoms with Crippen LogP contribution in [0.1, 0.15) is 43.7 Å². The molecule has 0 radical (unpaired) electrons. The highest BCUT2D eigenvalue weighted by atomic mass is 16.5. The van der Waals surface area contributed by atoms with Crippen molar-refractivity contribution >= 4 is 5.91 Å². The van der Waals surface area contributed by atoms with E-state index in [0.717, 1.165) is 43.9 Å². The van der Waals surface area contributed by atoms with E-state index in [1.54, 1.807) is 0 Å². The summed E-state index contributed by atoms with van der Waals surface area (Å²) < 4.78 is 11.3. The number of amides is 1. The van der Waals surface area contributed by atoms with Crippen molar-refractivity contribution in [2.45, 2.75) is 65.3 Å². The van der Waals surface area contributed by atoms with Gasteiger partial charge in [0.25, 0.3) is 0 Å². The number of ether oxygens (including phenoxy) is 1. The van der Waals surface area contributed by atoms with Crippen LogP contribution in [0.3, 0.4) is 0 Å². The van der Waals surface area contributed by atoms with Gasteiger partial charge in [0.1, 0.15) is 11.9 Å². The third-order valence-electron chi connectivity index (χ3n) is 4.92. The number of nitrogens with zero attached hydrogens (tertiary/aromatic N) is 2. The molecule has 3 heterocycles. The van der Waals surface area contributed by atoms with Crippen molar-refractivity contribution in [3.8, 4) is 0 Å². The van der Waals surface area contributed by atoms with E-state index >= 15 is 0 Å². The number of aryl methyl sites for hydroxylation is 2. The topological polar surface area (TPSA) is 67.6 Å². The van der Waals surface area contributed by atoms with Crippen LogP contribution in [0.25, 0.3) is 0 Å². The summed E-state index contributed by atoms with van der Waals surface area (Å²) in [6, 6.07) is 0.157. The fourth-order valence-electron chi connectivity index (χ4n) is 3.64. The van der Waals surface area contributed by atoms with Crippen LogP contribution in [0.4, 0.5) is 0 Å². The quantitative estimate of drug-likeness (QED) is 0.916. The number of aromatic nitrogens is 1. The minimum Gasteiger partial charge on any atom is -0.364 e. The predicted molar refractivity (Wildman–Crippen MR) is 85.9 cm³/mol. The number of carbonyl (C=O) groups excluding carboxylic acids is 1. The largest absolute Gasteiger partial charge is 0.364 e. The molecular weight excluding hydrogens is 294 g/mol. The lowest BCUT2D eigenvalue weighted by Crippen LogP contribution is -2.42. The summed E-state index contributed by atoms with van der Waals surface area (Å²) in [4.78, 5) is 14.5. The number of rotatable bonds is 4. The molecule has 23 heavy (non-hydrogen) atoms. The molecule has 2 fully saturated rings. The molecule has 2 aliphatic rings. The Balaban J connectivity index is 1.58. The van der Waals surface area contributed by atoms with Gasteiger partial charge in [-0.3, -0.25) is 9.69 Å². The maximum absolute atomic E-state index is 12.2. The third-order valence-corrected chi connectivity index (χ3v) is 4.92. The second-order valence-corrected chi connectivity index (χ2v) is 7.15. The molecule has 3 atom stereocenters. The molecule has 0 aliphatic carbocycles. The summed E-state index contributed by atoms with van der Waals surface area (Å²) >= 11 is 0. The zero-order chi connectivity index (χ0) is 16.6. The zero-order valence-electron chi connectivity index (χ0n) is 14.5. The Morgan fingerprint density at radius 1 is 1.43 bits per heavy atom. The first-order chi connectivity index (χ1) is 10.9. The minimum absolute atomic E-state index is 0.0340. The van der Waals surface area contributed by atoms with Gasteiger partial charge in [0, 0.05) is 24.7 Å². The molecule has 1 aromatic rings. The SMILES string of the molecule is Cc1noc(C)c1CN1CC[C@H]2C[C@@H](C(=O)NC(C)C)O[C@H]2C1.